The van der Waals surface area contributed by atoms with Crippen LogP contribution in [0.1, 0.15) is 18.5 Å². The van der Waals surface area contributed by atoms with Crippen LogP contribution in [0.5, 0.6) is 5.75 Å². The summed E-state index contributed by atoms with van der Waals surface area (Å²) in [5.41, 5.74) is 4.57. The van der Waals surface area contributed by atoms with Gasteiger partial charge in [-0.2, -0.15) is 8.78 Å². The van der Waals surface area contributed by atoms with Crippen LogP contribution in [0.25, 0.3) is 0 Å². The Morgan fingerprint density at radius 2 is 1.81 bits per heavy atom. The van der Waals surface area contributed by atoms with Crippen LogP contribution in [0.4, 0.5) is 22.0 Å². The van der Waals surface area contributed by atoms with Gasteiger partial charge in [0.25, 0.3) is 0 Å². The summed E-state index contributed by atoms with van der Waals surface area (Å²) < 4.78 is 72.0. The van der Waals surface area contributed by atoms with E-state index in [-0.39, 0.29) is 6.61 Å². The van der Waals surface area contributed by atoms with Crippen molar-refractivity contribution < 1.29 is 36.2 Å². The maximum atomic E-state index is 13.8. The Morgan fingerprint density at radius 1 is 1.24 bits per heavy atom. The molecule has 0 amide bonds. The molecule has 0 spiro atoms. The highest BCUT2D eigenvalue weighted by atomic mass is 19.4. The van der Waals surface area contributed by atoms with Crippen LogP contribution < -0.4 is 10.5 Å². The van der Waals surface area contributed by atoms with Crippen LogP contribution in [0.15, 0.2) is 24.3 Å². The van der Waals surface area contributed by atoms with Gasteiger partial charge in [0, 0.05) is 5.56 Å². The van der Waals surface area contributed by atoms with Gasteiger partial charge in [0.1, 0.15) is 11.8 Å². The zero-order valence-corrected chi connectivity index (χ0v) is 10.8. The number of carbonyl (C=O) groups is 1. The number of rotatable bonds is 5. The van der Waals surface area contributed by atoms with Crippen molar-refractivity contribution in [3.63, 3.8) is 0 Å². The summed E-state index contributed by atoms with van der Waals surface area (Å²) in [5, 5.41) is 0. The molecule has 0 radical (unpaired) electrons. The van der Waals surface area contributed by atoms with E-state index in [9.17, 15) is 26.7 Å². The highest BCUT2D eigenvalue weighted by molar-refractivity contribution is 5.79. The van der Waals surface area contributed by atoms with E-state index in [2.05, 4.69) is 9.47 Å². The number of hydrogen-bond acceptors (Lipinski definition) is 4. The Balaban J connectivity index is 3.12. The summed E-state index contributed by atoms with van der Waals surface area (Å²) in [6.07, 6.45) is -5.07. The molecule has 0 bridgehead atoms. The summed E-state index contributed by atoms with van der Waals surface area (Å²) in [6.45, 7) is 0.988. The van der Waals surface area contributed by atoms with E-state index in [4.69, 9.17) is 5.73 Å². The molecular formula is C12H12F5NO3. The second kappa shape index (κ2) is 6.25. The maximum absolute atomic E-state index is 13.8. The summed E-state index contributed by atoms with van der Waals surface area (Å²) in [7, 11) is 0. The zero-order chi connectivity index (χ0) is 16.3. The van der Waals surface area contributed by atoms with Crippen LogP contribution in [0.3, 0.4) is 0 Å². The van der Waals surface area contributed by atoms with E-state index in [0.29, 0.717) is 0 Å². The normalized spacial score (nSPS) is 13.7. The topological polar surface area (TPSA) is 61.5 Å². The minimum absolute atomic E-state index is 0.318. The molecule has 1 aromatic rings. The smallest absolute Gasteiger partial charge is 0.462 e. The first-order chi connectivity index (χ1) is 9.59. The van der Waals surface area contributed by atoms with E-state index in [1.807, 2.05) is 0 Å². The standard InChI is InChI=1S/C12H12F5NO3/c1-2-20-10(19)11(13,14)9(18)7-5-3-4-6-8(7)21-12(15,16)17/h3-6,9H,2,18H2,1H3/t9-/m0/s1. The number of para-hydroxylation sites is 1. The third-order valence-electron chi connectivity index (χ3n) is 2.42. The fourth-order valence-corrected chi connectivity index (χ4v) is 1.50. The molecule has 1 rings (SSSR count). The Labute approximate surface area is 116 Å². The Morgan fingerprint density at radius 3 is 2.33 bits per heavy atom. The lowest BCUT2D eigenvalue weighted by molar-refractivity contribution is -0.275. The van der Waals surface area contributed by atoms with E-state index in [1.165, 1.54) is 13.0 Å². The predicted molar refractivity (Wildman–Crippen MR) is 61.6 cm³/mol. The molecule has 4 nitrogen and oxygen atoms in total. The molecule has 1 atom stereocenters. The van der Waals surface area contributed by atoms with Crippen LogP contribution in [-0.4, -0.2) is 24.9 Å². The lowest BCUT2D eigenvalue weighted by Crippen LogP contribution is -2.42. The number of halogens is 5. The third-order valence-corrected chi connectivity index (χ3v) is 2.42. The summed E-state index contributed by atoms with van der Waals surface area (Å²) in [6, 6.07) is 1.75. The number of benzene rings is 1. The van der Waals surface area contributed by atoms with Gasteiger partial charge in [-0.15, -0.1) is 13.2 Å². The second-order valence-corrected chi connectivity index (χ2v) is 3.91. The van der Waals surface area contributed by atoms with E-state index >= 15 is 0 Å². The second-order valence-electron chi connectivity index (χ2n) is 3.91. The highest BCUT2D eigenvalue weighted by Gasteiger charge is 2.49. The van der Waals surface area contributed by atoms with Crippen LogP contribution in [0, 0.1) is 0 Å². The van der Waals surface area contributed by atoms with E-state index < -0.39 is 35.6 Å². The number of ether oxygens (including phenoxy) is 2. The number of hydrogen-bond donors (Lipinski definition) is 1. The molecule has 0 heterocycles. The van der Waals surface area contributed by atoms with E-state index in [0.717, 1.165) is 18.2 Å². The van der Waals surface area contributed by atoms with Gasteiger partial charge in [-0.05, 0) is 13.0 Å². The number of alkyl halides is 5. The van der Waals surface area contributed by atoms with Crippen LogP contribution in [-0.2, 0) is 9.53 Å². The molecular weight excluding hydrogens is 301 g/mol. The van der Waals surface area contributed by atoms with Crippen molar-refractivity contribution in [3.8, 4) is 5.75 Å². The Bertz CT molecular complexity index is 504. The summed E-state index contributed by atoms with van der Waals surface area (Å²) in [4.78, 5) is 11.2. The quantitative estimate of drug-likeness (QED) is 0.671. The van der Waals surface area contributed by atoms with Gasteiger partial charge in [0.2, 0.25) is 0 Å². The molecule has 0 fully saturated rings. The van der Waals surface area contributed by atoms with Crippen molar-refractivity contribution in [1.29, 1.82) is 0 Å². The van der Waals surface area contributed by atoms with Gasteiger partial charge in [0.15, 0.2) is 0 Å². The average molecular weight is 313 g/mol. The lowest BCUT2D eigenvalue weighted by atomic mass is 10.0. The monoisotopic (exact) mass is 313 g/mol. The molecule has 0 saturated carbocycles. The van der Waals surface area contributed by atoms with Crippen LogP contribution >= 0.6 is 0 Å². The predicted octanol–water partition coefficient (Wildman–Crippen LogP) is 2.78. The van der Waals surface area contributed by atoms with Crippen molar-refractivity contribution in [1.82, 2.24) is 0 Å². The molecule has 21 heavy (non-hydrogen) atoms. The first-order valence-electron chi connectivity index (χ1n) is 5.75. The van der Waals surface area contributed by atoms with Gasteiger partial charge < -0.3 is 15.2 Å². The van der Waals surface area contributed by atoms with Crippen molar-refractivity contribution in [2.75, 3.05) is 6.61 Å². The molecule has 0 aromatic heterocycles. The van der Waals surface area contributed by atoms with Gasteiger partial charge in [-0.25, -0.2) is 4.79 Å². The van der Waals surface area contributed by atoms with Crippen molar-refractivity contribution in [2.45, 2.75) is 25.3 Å². The number of nitrogens with two attached hydrogens (primary N) is 1. The molecule has 1 aromatic carbocycles. The molecule has 0 aliphatic carbocycles. The molecule has 0 saturated heterocycles. The first-order valence-corrected chi connectivity index (χ1v) is 5.75. The Kier molecular flexibility index (Phi) is 5.10. The van der Waals surface area contributed by atoms with Gasteiger partial charge >= 0.3 is 18.3 Å². The molecule has 2 N–H and O–H groups in total. The zero-order valence-electron chi connectivity index (χ0n) is 10.8. The molecule has 9 heteroatoms. The molecule has 118 valence electrons. The molecule has 0 aliphatic rings. The maximum Gasteiger partial charge on any atom is 0.573 e. The summed E-state index contributed by atoms with van der Waals surface area (Å²) in [5.74, 6) is -7.01. The van der Waals surface area contributed by atoms with Crippen molar-refractivity contribution in [3.05, 3.63) is 29.8 Å². The third kappa shape index (κ3) is 4.28. The van der Waals surface area contributed by atoms with Crippen molar-refractivity contribution >= 4 is 5.97 Å². The van der Waals surface area contributed by atoms with Gasteiger partial charge in [-0.1, -0.05) is 18.2 Å². The first kappa shape index (κ1) is 17.2. The lowest BCUT2D eigenvalue weighted by Gasteiger charge is -2.24. The molecule has 0 aliphatic heterocycles. The summed E-state index contributed by atoms with van der Waals surface area (Å²) >= 11 is 0. The fraction of sp³-hybridized carbons (Fsp3) is 0.417. The Hall–Kier alpha value is -1.90. The minimum Gasteiger partial charge on any atom is -0.462 e. The fourth-order valence-electron chi connectivity index (χ4n) is 1.50. The number of carbonyl (C=O) groups excluding carboxylic acids is 1. The van der Waals surface area contributed by atoms with E-state index in [1.54, 1.807) is 0 Å². The number of esters is 1. The average Bonchev–Trinajstić information content (AvgIpc) is 2.37. The van der Waals surface area contributed by atoms with Gasteiger partial charge in [0.05, 0.1) is 6.61 Å². The van der Waals surface area contributed by atoms with Gasteiger partial charge in [-0.3, -0.25) is 0 Å². The van der Waals surface area contributed by atoms with Crippen LogP contribution in [0.2, 0.25) is 0 Å². The highest BCUT2D eigenvalue weighted by Crippen LogP contribution is 2.37. The minimum atomic E-state index is -5.07. The SMILES string of the molecule is CCOC(=O)C(F)(F)[C@@H](N)c1ccccc1OC(F)(F)F. The van der Waals surface area contributed by atoms with Crippen molar-refractivity contribution in [2.24, 2.45) is 5.73 Å². The largest absolute Gasteiger partial charge is 0.573 e. The molecule has 0 unspecified atom stereocenters.